The first-order valence-electron chi connectivity index (χ1n) is 6.76. The van der Waals surface area contributed by atoms with Gasteiger partial charge in [0.15, 0.2) is 0 Å². The molecule has 2 unspecified atom stereocenters. The van der Waals surface area contributed by atoms with Gasteiger partial charge in [-0.3, -0.25) is 4.79 Å². The number of hydrogen-bond donors (Lipinski definition) is 2. The fourth-order valence-electron chi connectivity index (χ4n) is 2.78. The maximum absolute atomic E-state index is 13.0. The van der Waals surface area contributed by atoms with E-state index in [1.807, 2.05) is 6.92 Å². The van der Waals surface area contributed by atoms with E-state index in [0.29, 0.717) is 5.69 Å². The summed E-state index contributed by atoms with van der Waals surface area (Å²) in [5.74, 6) is -0.526. The van der Waals surface area contributed by atoms with E-state index < -0.39 is 5.54 Å². The molecule has 3 nitrogen and oxygen atoms in total. The van der Waals surface area contributed by atoms with Crippen LogP contribution in [-0.4, -0.2) is 11.4 Å². The Labute approximate surface area is 113 Å². The van der Waals surface area contributed by atoms with Crippen LogP contribution in [0.4, 0.5) is 10.1 Å². The van der Waals surface area contributed by atoms with Crippen molar-refractivity contribution in [2.24, 2.45) is 11.7 Å². The minimum absolute atomic E-state index is 0.0561. The summed E-state index contributed by atoms with van der Waals surface area (Å²) < 4.78 is 13.0. The molecular weight excluding hydrogens is 243 g/mol. The predicted molar refractivity (Wildman–Crippen MR) is 74.3 cm³/mol. The summed E-state index contributed by atoms with van der Waals surface area (Å²) in [5.41, 5.74) is 7.15. The third kappa shape index (κ3) is 3.13. The maximum atomic E-state index is 13.0. The fraction of sp³-hybridized carbons (Fsp3) is 0.533. The third-order valence-corrected chi connectivity index (χ3v) is 4.02. The van der Waals surface area contributed by atoms with E-state index in [2.05, 4.69) is 5.32 Å². The van der Waals surface area contributed by atoms with Gasteiger partial charge >= 0.3 is 0 Å². The number of nitrogens with two attached hydrogens (primary N) is 1. The van der Waals surface area contributed by atoms with Gasteiger partial charge < -0.3 is 11.1 Å². The van der Waals surface area contributed by atoms with Gasteiger partial charge in [-0.1, -0.05) is 12.8 Å². The number of benzene rings is 1. The number of carbonyl (C=O) groups is 1. The zero-order chi connectivity index (χ0) is 14.0. The minimum Gasteiger partial charge on any atom is -0.326 e. The highest BCUT2D eigenvalue weighted by Crippen LogP contribution is 2.32. The molecule has 4 heteroatoms. The van der Waals surface area contributed by atoms with Crippen LogP contribution in [-0.2, 0) is 4.79 Å². The normalized spacial score (nSPS) is 27.1. The second kappa shape index (κ2) is 5.29. The fourth-order valence-corrected chi connectivity index (χ4v) is 2.78. The lowest BCUT2D eigenvalue weighted by Crippen LogP contribution is -2.51. The lowest BCUT2D eigenvalue weighted by Gasteiger charge is -2.37. The molecule has 0 saturated heterocycles. The summed E-state index contributed by atoms with van der Waals surface area (Å²) in [6, 6.07) is 4.36. The van der Waals surface area contributed by atoms with Crippen LogP contribution in [0.3, 0.4) is 0 Å². The molecule has 1 amide bonds. The largest absolute Gasteiger partial charge is 0.326 e. The highest BCUT2D eigenvalue weighted by molar-refractivity contribution is 5.94. The van der Waals surface area contributed by atoms with Crippen LogP contribution < -0.4 is 11.1 Å². The Morgan fingerprint density at radius 3 is 2.84 bits per heavy atom. The first kappa shape index (κ1) is 14.0. The zero-order valence-corrected chi connectivity index (χ0v) is 11.5. The number of hydrogen-bond acceptors (Lipinski definition) is 2. The molecule has 1 fully saturated rings. The molecule has 104 valence electrons. The van der Waals surface area contributed by atoms with Gasteiger partial charge in [-0.2, -0.15) is 0 Å². The van der Waals surface area contributed by atoms with Gasteiger partial charge in [0, 0.05) is 11.2 Å². The van der Waals surface area contributed by atoms with Crippen LogP contribution >= 0.6 is 0 Å². The third-order valence-electron chi connectivity index (χ3n) is 4.02. The van der Waals surface area contributed by atoms with Gasteiger partial charge in [0.05, 0.1) is 5.92 Å². The van der Waals surface area contributed by atoms with E-state index in [1.165, 1.54) is 12.1 Å². The van der Waals surface area contributed by atoms with Gasteiger partial charge in [0.2, 0.25) is 5.91 Å². The Bertz CT molecular complexity index is 485. The second-order valence-corrected chi connectivity index (χ2v) is 5.75. The molecule has 0 aromatic heterocycles. The van der Waals surface area contributed by atoms with Crippen LogP contribution in [0.5, 0.6) is 0 Å². The summed E-state index contributed by atoms with van der Waals surface area (Å²) in [5, 5.41) is 2.88. The summed E-state index contributed by atoms with van der Waals surface area (Å²) >= 11 is 0. The highest BCUT2D eigenvalue weighted by atomic mass is 19.1. The number of carbonyl (C=O) groups excluding carboxylic acids is 1. The topological polar surface area (TPSA) is 55.1 Å². The molecule has 1 saturated carbocycles. The molecule has 0 aliphatic heterocycles. The zero-order valence-electron chi connectivity index (χ0n) is 11.5. The van der Waals surface area contributed by atoms with Crippen LogP contribution in [0.2, 0.25) is 0 Å². The second-order valence-electron chi connectivity index (χ2n) is 5.75. The Hall–Kier alpha value is -1.42. The van der Waals surface area contributed by atoms with E-state index in [0.717, 1.165) is 31.2 Å². The summed E-state index contributed by atoms with van der Waals surface area (Å²) in [4.78, 5) is 12.3. The van der Waals surface area contributed by atoms with Gasteiger partial charge in [-0.05, 0) is 50.5 Å². The molecule has 0 radical (unpaired) electrons. The van der Waals surface area contributed by atoms with Crippen molar-refractivity contribution in [1.82, 2.24) is 0 Å². The summed E-state index contributed by atoms with van der Waals surface area (Å²) in [7, 11) is 0. The van der Waals surface area contributed by atoms with Gasteiger partial charge in [0.25, 0.3) is 0 Å². The standard InChI is InChI=1S/C15H21FN2O/c1-10-9-11(16)6-7-13(10)18-14(19)12-5-3-4-8-15(12,2)17/h6-7,9,12H,3-5,8,17H2,1-2H3,(H,18,19). The molecule has 3 N–H and O–H groups in total. The van der Waals surface area contributed by atoms with Gasteiger partial charge in [-0.25, -0.2) is 4.39 Å². The van der Waals surface area contributed by atoms with Crippen molar-refractivity contribution in [3.05, 3.63) is 29.6 Å². The van der Waals surface area contributed by atoms with Crippen molar-refractivity contribution in [1.29, 1.82) is 0 Å². The molecule has 2 rings (SSSR count). The van der Waals surface area contributed by atoms with Crippen LogP contribution in [0.15, 0.2) is 18.2 Å². The first-order valence-corrected chi connectivity index (χ1v) is 6.76. The highest BCUT2D eigenvalue weighted by Gasteiger charge is 2.37. The smallest absolute Gasteiger partial charge is 0.229 e. The summed E-state index contributed by atoms with van der Waals surface area (Å²) in [6.45, 7) is 3.72. The van der Waals surface area contributed by atoms with Gasteiger partial charge in [-0.15, -0.1) is 0 Å². The van der Waals surface area contributed by atoms with E-state index in [-0.39, 0.29) is 17.6 Å². The molecule has 1 aromatic rings. The van der Waals surface area contributed by atoms with Crippen molar-refractivity contribution in [3.8, 4) is 0 Å². The van der Waals surface area contributed by atoms with E-state index >= 15 is 0 Å². The van der Waals surface area contributed by atoms with Crippen molar-refractivity contribution in [3.63, 3.8) is 0 Å². The molecule has 1 aromatic carbocycles. The maximum Gasteiger partial charge on any atom is 0.229 e. The van der Waals surface area contributed by atoms with E-state index in [9.17, 15) is 9.18 Å². The SMILES string of the molecule is Cc1cc(F)ccc1NC(=O)C1CCCCC1(C)N. The number of amides is 1. The molecule has 1 aliphatic rings. The minimum atomic E-state index is -0.448. The molecule has 1 aliphatic carbocycles. The monoisotopic (exact) mass is 264 g/mol. The number of anilines is 1. The Balaban J connectivity index is 2.12. The number of nitrogens with one attached hydrogen (secondary N) is 1. The number of halogens is 1. The Morgan fingerprint density at radius 1 is 1.47 bits per heavy atom. The molecule has 0 spiro atoms. The van der Waals surface area contributed by atoms with Crippen molar-refractivity contribution in [2.75, 3.05) is 5.32 Å². The lowest BCUT2D eigenvalue weighted by molar-refractivity contribution is -0.122. The lowest BCUT2D eigenvalue weighted by atomic mass is 9.74. The first-order chi connectivity index (χ1) is 8.90. The van der Waals surface area contributed by atoms with Crippen LogP contribution in [0, 0.1) is 18.7 Å². The molecule has 0 bridgehead atoms. The van der Waals surface area contributed by atoms with Gasteiger partial charge in [0.1, 0.15) is 5.82 Å². The van der Waals surface area contributed by atoms with Crippen LogP contribution in [0.25, 0.3) is 0 Å². The quantitative estimate of drug-likeness (QED) is 0.862. The predicted octanol–water partition coefficient (Wildman–Crippen LogP) is 2.98. The Kier molecular flexibility index (Phi) is 3.90. The Morgan fingerprint density at radius 2 is 2.21 bits per heavy atom. The average Bonchev–Trinajstić information content (AvgIpc) is 2.32. The van der Waals surface area contributed by atoms with Crippen molar-refractivity contribution in [2.45, 2.75) is 45.1 Å². The van der Waals surface area contributed by atoms with Crippen molar-refractivity contribution < 1.29 is 9.18 Å². The van der Waals surface area contributed by atoms with E-state index in [1.54, 1.807) is 13.0 Å². The summed E-state index contributed by atoms with van der Waals surface area (Å²) in [6.07, 6.45) is 3.80. The molecule has 19 heavy (non-hydrogen) atoms. The van der Waals surface area contributed by atoms with Crippen molar-refractivity contribution >= 4 is 11.6 Å². The number of aryl methyl sites for hydroxylation is 1. The average molecular weight is 264 g/mol. The molecular formula is C15H21FN2O. The molecule has 2 atom stereocenters. The molecule has 0 heterocycles. The van der Waals surface area contributed by atoms with E-state index in [4.69, 9.17) is 5.73 Å². The number of rotatable bonds is 2. The van der Waals surface area contributed by atoms with Crippen LogP contribution in [0.1, 0.15) is 38.2 Å².